The van der Waals surface area contributed by atoms with Gasteiger partial charge in [0.25, 0.3) is 0 Å². The van der Waals surface area contributed by atoms with E-state index in [9.17, 15) is 0 Å². The fourth-order valence-corrected chi connectivity index (χ4v) is 1.95. The SMILES string of the molecule is CCC(C)C1(C)C=Cc2ccoc2C=C1. The summed E-state index contributed by atoms with van der Waals surface area (Å²) in [5.41, 5.74) is 1.33. The van der Waals surface area contributed by atoms with Crippen molar-refractivity contribution in [3.8, 4) is 0 Å². The lowest BCUT2D eigenvalue weighted by molar-refractivity contribution is 0.345. The summed E-state index contributed by atoms with van der Waals surface area (Å²) < 4.78 is 5.40. The Labute approximate surface area is 91.5 Å². The average molecular weight is 202 g/mol. The molecule has 0 spiro atoms. The van der Waals surface area contributed by atoms with Crippen LogP contribution < -0.4 is 0 Å². The molecule has 0 saturated carbocycles. The van der Waals surface area contributed by atoms with Crippen LogP contribution >= 0.6 is 0 Å². The summed E-state index contributed by atoms with van der Waals surface area (Å²) in [6, 6.07) is 2.01. The van der Waals surface area contributed by atoms with Crippen LogP contribution in [0.4, 0.5) is 0 Å². The fraction of sp³-hybridized carbons (Fsp3) is 0.429. The van der Waals surface area contributed by atoms with Crippen molar-refractivity contribution < 1.29 is 4.42 Å². The average Bonchev–Trinajstić information content (AvgIpc) is 2.64. The Kier molecular flexibility index (Phi) is 2.56. The molecule has 2 atom stereocenters. The monoisotopic (exact) mass is 202 g/mol. The van der Waals surface area contributed by atoms with E-state index in [0.29, 0.717) is 5.92 Å². The normalized spacial score (nSPS) is 26.1. The quantitative estimate of drug-likeness (QED) is 0.694. The highest BCUT2D eigenvalue weighted by atomic mass is 16.3. The molecule has 0 bridgehead atoms. The molecular formula is C14H18O. The van der Waals surface area contributed by atoms with Crippen LogP contribution in [0, 0.1) is 11.3 Å². The largest absolute Gasteiger partial charge is 0.464 e. The number of furan rings is 1. The van der Waals surface area contributed by atoms with E-state index >= 15 is 0 Å². The molecule has 1 heteroatoms. The van der Waals surface area contributed by atoms with E-state index in [4.69, 9.17) is 4.42 Å². The van der Waals surface area contributed by atoms with Crippen LogP contribution in [0.5, 0.6) is 0 Å². The van der Waals surface area contributed by atoms with Gasteiger partial charge in [0, 0.05) is 11.0 Å². The van der Waals surface area contributed by atoms with Gasteiger partial charge in [-0.15, -0.1) is 0 Å². The van der Waals surface area contributed by atoms with Crippen LogP contribution in [0.25, 0.3) is 12.2 Å². The van der Waals surface area contributed by atoms with Gasteiger partial charge in [-0.3, -0.25) is 0 Å². The molecule has 0 N–H and O–H groups in total. The lowest BCUT2D eigenvalue weighted by Crippen LogP contribution is -2.19. The van der Waals surface area contributed by atoms with Crippen LogP contribution in [0.15, 0.2) is 28.9 Å². The zero-order valence-electron chi connectivity index (χ0n) is 9.66. The molecule has 1 heterocycles. The zero-order valence-corrected chi connectivity index (χ0v) is 9.66. The zero-order chi connectivity index (χ0) is 10.9. The van der Waals surface area contributed by atoms with Gasteiger partial charge >= 0.3 is 0 Å². The minimum Gasteiger partial charge on any atom is -0.464 e. The predicted molar refractivity (Wildman–Crippen MR) is 64.3 cm³/mol. The van der Waals surface area contributed by atoms with Crippen molar-refractivity contribution in [3.63, 3.8) is 0 Å². The number of fused-ring (bicyclic) bond motifs is 1. The topological polar surface area (TPSA) is 13.1 Å². The van der Waals surface area contributed by atoms with E-state index in [-0.39, 0.29) is 5.41 Å². The van der Waals surface area contributed by atoms with E-state index in [1.165, 1.54) is 12.0 Å². The van der Waals surface area contributed by atoms with Gasteiger partial charge in [0.1, 0.15) is 5.76 Å². The molecule has 0 fully saturated rings. The second-order valence-corrected chi connectivity index (χ2v) is 4.58. The summed E-state index contributed by atoms with van der Waals surface area (Å²) in [6.45, 7) is 6.81. The van der Waals surface area contributed by atoms with Crippen molar-refractivity contribution in [1.82, 2.24) is 0 Å². The summed E-state index contributed by atoms with van der Waals surface area (Å²) in [4.78, 5) is 0. The van der Waals surface area contributed by atoms with Crippen molar-refractivity contribution in [2.24, 2.45) is 11.3 Å². The molecule has 1 nitrogen and oxygen atoms in total. The van der Waals surface area contributed by atoms with Crippen molar-refractivity contribution in [2.75, 3.05) is 0 Å². The van der Waals surface area contributed by atoms with Crippen LogP contribution in [-0.2, 0) is 0 Å². The lowest BCUT2D eigenvalue weighted by atomic mass is 9.76. The smallest absolute Gasteiger partial charge is 0.133 e. The summed E-state index contributed by atoms with van der Waals surface area (Å²) >= 11 is 0. The molecule has 0 saturated heterocycles. The molecule has 2 unspecified atom stereocenters. The van der Waals surface area contributed by atoms with Gasteiger partial charge in [0.15, 0.2) is 0 Å². The summed E-state index contributed by atoms with van der Waals surface area (Å²) in [5, 5.41) is 0. The molecular weight excluding hydrogens is 184 g/mol. The van der Waals surface area contributed by atoms with Crippen LogP contribution in [0.2, 0.25) is 0 Å². The van der Waals surface area contributed by atoms with Crippen LogP contribution in [0.3, 0.4) is 0 Å². The highest BCUT2D eigenvalue weighted by Gasteiger charge is 2.25. The molecule has 0 amide bonds. The molecule has 15 heavy (non-hydrogen) atoms. The standard InChI is InChI=1S/C14H18O/c1-4-11(2)14(3)8-5-12-7-10-15-13(12)6-9-14/h5-11H,4H2,1-3H3. The molecule has 1 aliphatic carbocycles. The Morgan fingerprint density at radius 1 is 1.33 bits per heavy atom. The fourth-order valence-electron chi connectivity index (χ4n) is 1.95. The van der Waals surface area contributed by atoms with E-state index in [2.05, 4.69) is 45.1 Å². The Balaban J connectivity index is 2.36. The molecule has 0 radical (unpaired) electrons. The summed E-state index contributed by atoms with van der Waals surface area (Å²) in [7, 11) is 0. The van der Waals surface area contributed by atoms with Crippen molar-refractivity contribution >= 4 is 12.2 Å². The van der Waals surface area contributed by atoms with Gasteiger partial charge in [-0.05, 0) is 18.1 Å². The Hall–Kier alpha value is -1.24. The molecule has 2 rings (SSSR count). The van der Waals surface area contributed by atoms with E-state index in [1.54, 1.807) is 6.26 Å². The molecule has 1 aromatic rings. The maximum Gasteiger partial charge on any atom is 0.133 e. The van der Waals surface area contributed by atoms with Gasteiger partial charge in [-0.2, -0.15) is 0 Å². The number of allylic oxidation sites excluding steroid dienone is 2. The Morgan fingerprint density at radius 2 is 2.07 bits per heavy atom. The van der Waals surface area contributed by atoms with E-state index in [0.717, 1.165) is 5.76 Å². The highest BCUT2D eigenvalue weighted by Crippen LogP contribution is 2.36. The first-order valence-electron chi connectivity index (χ1n) is 5.61. The lowest BCUT2D eigenvalue weighted by Gasteiger charge is -2.28. The summed E-state index contributed by atoms with van der Waals surface area (Å²) in [6.07, 6.45) is 11.7. The molecule has 1 aliphatic rings. The Bertz CT molecular complexity index is 367. The van der Waals surface area contributed by atoms with Gasteiger partial charge in [0.05, 0.1) is 6.26 Å². The van der Waals surface area contributed by atoms with Crippen LogP contribution in [0.1, 0.15) is 38.5 Å². The van der Waals surface area contributed by atoms with Gasteiger partial charge < -0.3 is 4.42 Å². The second kappa shape index (κ2) is 3.73. The first-order chi connectivity index (χ1) is 7.15. The maximum atomic E-state index is 5.40. The number of hydrogen-bond acceptors (Lipinski definition) is 1. The molecule has 0 aliphatic heterocycles. The van der Waals surface area contributed by atoms with Gasteiger partial charge in [-0.25, -0.2) is 0 Å². The first kappa shape index (κ1) is 10.3. The third kappa shape index (κ3) is 1.79. The minimum absolute atomic E-state index is 0.149. The first-order valence-corrected chi connectivity index (χ1v) is 5.61. The van der Waals surface area contributed by atoms with Crippen molar-refractivity contribution in [1.29, 1.82) is 0 Å². The second-order valence-electron chi connectivity index (χ2n) is 4.58. The maximum absolute atomic E-state index is 5.40. The van der Waals surface area contributed by atoms with Crippen LogP contribution in [-0.4, -0.2) is 0 Å². The van der Waals surface area contributed by atoms with Crippen molar-refractivity contribution in [3.05, 3.63) is 35.8 Å². The molecule has 80 valence electrons. The third-order valence-corrected chi connectivity index (χ3v) is 3.62. The molecule has 1 aromatic heterocycles. The van der Waals surface area contributed by atoms with E-state index < -0.39 is 0 Å². The Morgan fingerprint density at radius 3 is 2.80 bits per heavy atom. The number of rotatable bonds is 2. The predicted octanol–water partition coefficient (Wildman–Crippen LogP) is 4.37. The van der Waals surface area contributed by atoms with Gasteiger partial charge in [-0.1, -0.05) is 45.4 Å². The summed E-state index contributed by atoms with van der Waals surface area (Å²) in [5.74, 6) is 1.62. The van der Waals surface area contributed by atoms with Crippen molar-refractivity contribution in [2.45, 2.75) is 27.2 Å². The molecule has 0 aromatic carbocycles. The van der Waals surface area contributed by atoms with E-state index in [1.807, 2.05) is 6.07 Å². The number of hydrogen-bond donors (Lipinski definition) is 0. The highest BCUT2D eigenvalue weighted by molar-refractivity contribution is 5.65. The minimum atomic E-state index is 0.149. The van der Waals surface area contributed by atoms with Gasteiger partial charge in [0.2, 0.25) is 0 Å². The third-order valence-electron chi connectivity index (χ3n) is 3.62.